The fraction of sp³-hybridized carbons (Fsp3) is 0.667. The average Bonchev–Trinajstić information content (AvgIpc) is 2.89. The standard InChI is InChI=1S/C15H24N4O3S/c1-4-18(5-2)15(20)13-9-14(17-11-16-13)19(6-3)12-7-8-23(21,22)10-12/h9,11-12H,4-8,10H2,1-3H3. The maximum absolute atomic E-state index is 12.4. The highest BCUT2D eigenvalue weighted by atomic mass is 32.2. The zero-order chi connectivity index (χ0) is 17.0. The highest BCUT2D eigenvalue weighted by Gasteiger charge is 2.32. The molecule has 8 heteroatoms. The number of carbonyl (C=O) groups excluding carboxylic acids is 1. The zero-order valence-corrected chi connectivity index (χ0v) is 14.7. The van der Waals surface area contributed by atoms with E-state index in [1.807, 2.05) is 25.7 Å². The molecule has 2 heterocycles. The number of amides is 1. The number of hydrogen-bond acceptors (Lipinski definition) is 6. The van der Waals surface area contributed by atoms with Crippen molar-refractivity contribution in [2.45, 2.75) is 33.2 Å². The topological polar surface area (TPSA) is 83.5 Å². The first kappa shape index (κ1) is 17.7. The van der Waals surface area contributed by atoms with Gasteiger partial charge in [-0.05, 0) is 27.2 Å². The van der Waals surface area contributed by atoms with Crippen LogP contribution in [0.15, 0.2) is 12.4 Å². The van der Waals surface area contributed by atoms with Crippen molar-refractivity contribution in [1.82, 2.24) is 14.9 Å². The Balaban J connectivity index is 2.25. The van der Waals surface area contributed by atoms with E-state index in [1.54, 1.807) is 11.0 Å². The van der Waals surface area contributed by atoms with Crippen LogP contribution in [0.3, 0.4) is 0 Å². The monoisotopic (exact) mass is 340 g/mol. The van der Waals surface area contributed by atoms with Crippen molar-refractivity contribution >= 4 is 21.6 Å². The van der Waals surface area contributed by atoms with Crippen LogP contribution in [0.5, 0.6) is 0 Å². The third-order valence-electron chi connectivity index (χ3n) is 4.21. The third kappa shape index (κ3) is 3.99. The summed E-state index contributed by atoms with van der Waals surface area (Å²) in [4.78, 5) is 24.4. The maximum Gasteiger partial charge on any atom is 0.272 e. The van der Waals surface area contributed by atoms with Gasteiger partial charge in [-0.25, -0.2) is 18.4 Å². The van der Waals surface area contributed by atoms with E-state index in [9.17, 15) is 13.2 Å². The van der Waals surface area contributed by atoms with E-state index in [-0.39, 0.29) is 23.5 Å². The van der Waals surface area contributed by atoms with E-state index in [0.29, 0.717) is 37.6 Å². The maximum atomic E-state index is 12.4. The minimum Gasteiger partial charge on any atom is -0.353 e. The van der Waals surface area contributed by atoms with Gasteiger partial charge in [0.05, 0.1) is 11.5 Å². The molecule has 23 heavy (non-hydrogen) atoms. The number of nitrogens with zero attached hydrogens (tertiary/aromatic N) is 4. The summed E-state index contributed by atoms with van der Waals surface area (Å²) < 4.78 is 23.4. The number of rotatable bonds is 6. The van der Waals surface area contributed by atoms with Gasteiger partial charge in [0.25, 0.3) is 5.91 Å². The van der Waals surface area contributed by atoms with E-state index in [1.165, 1.54) is 6.33 Å². The minimum absolute atomic E-state index is 0.0868. The molecule has 0 saturated carbocycles. The molecule has 1 saturated heterocycles. The van der Waals surface area contributed by atoms with Gasteiger partial charge in [-0.15, -0.1) is 0 Å². The summed E-state index contributed by atoms with van der Waals surface area (Å²) in [7, 11) is -2.97. The van der Waals surface area contributed by atoms with E-state index >= 15 is 0 Å². The second kappa shape index (κ2) is 7.25. The fourth-order valence-electron chi connectivity index (χ4n) is 2.92. The van der Waals surface area contributed by atoms with Gasteiger partial charge in [0.15, 0.2) is 9.84 Å². The lowest BCUT2D eigenvalue weighted by Gasteiger charge is -2.28. The molecule has 0 aromatic carbocycles. The molecule has 0 bridgehead atoms. The van der Waals surface area contributed by atoms with Crippen molar-refractivity contribution in [3.63, 3.8) is 0 Å². The van der Waals surface area contributed by atoms with Gasteiger partial charge in [-0.2, -0.15) is 0 Å². The SMILES string of the molecule is CCN(CC)C(=O)c1cc(N(CC)C2CCS(=O)(=O)C2)ncn1. The molecule has 1 aliphatic heterocycles. The van der Waals surface area contributed by atoms with E-state index in [4.69, 9.17) is 0 Å². The van der Waals surface area contributed by atoms with Gasteiger partial charge in [0, 0.05) is 31.7 Å². The van der Waals surface area contributed by atoms with Crippen LogP contribution in [-0.2, 0) is 9.84 Å². The van der Waals surface area contributed by atoms with Crippen LogP contribution in [0.2, 0.25) is 0 Å². The number of anilines is 1. The summed E-state index contributed by atoms with van der Waals surface area (Å²) >= 11 is 0. The molecule has 1 atom stereocenters. The van der Waals surface area contributed by atoms with Crippen LogP contribution in [0, 0.1) is 0 Å². The van der Waals surface area contributed by atoms with E-state index in [2.05, 4.69) is 9.97 Å². The van der Waals surface area contributed by atoms with Crippen LogP contribution < -0.4 is 4.90 Å². The molecule has 1 unspecified atom stereocenters. The molecule has 1 fully saturated rings. The summed E-state index contributed by atoms with van der Waals surface area (Å²) in [5.41, 5.74) is 0.345. The van der Waals surface area contributed by atoms with E-state index < -0.39 is 9.84 Å². The average molecular weight is 340 g/mol. The van der Waals surface area contributed by atoms with Crippen molar-refractivity contribution in [3.05, 3.63) is 18.1 Å². The quantitative estimate of drug-likeness (QED) is 0.767. The molecule has 1 aromatic rings. The van der Waals surface area contributed by atoms with Crippen LogP contribution in [-0.4, -0.2) is 66.4 Å². The molecule has 1 aromatic heterocycles. The molecular weight excluding hydrogens is 316 g/mol. The molecule has 1 amide bonds. The van der Waals surface area contributed by atoms with Gasteiger partial charge in [-0.1, -0.05) is 0 Å². The van der Waals surface area contributed by atoms with Gasteiger partial charge in [-0.3, -0.25) is 4.79 Å². The zero-order valence-electron chi connectivity index (χ0n) is 13.9. The van der Waals surface area contributed by atoms with Crippen LogP contribution in [0.4, 0.5) is 5.82 Å². The highest BCUT2D eigenvalue weighted by Crippen LogP contribution is 2.23. The Morgan fingerprint density at radius 1 is 1.22 bits per heavy atom. The first-order valence-corrected chi connectivity index (χ1v) is 9.82. The molecule has 2 rings (SSSR count). The number of aromatic nitrogens is 2. The Labute approximate surface area is 137 Å². The Morgan fingerprint density at radius 3 is 2.43 bits per heavy atom. The second-order valence-corrected chi connectivity index (χ2v) is 7.81. The molecule has 128 valence electrons. The molecule has 7 nitrogen and oxygen atoms in total. The molecular formula is C15H24N4O3S. The van der Waals surface area contributed by atoms with Crippen molar-refractivity contribution in [2.75, 3.05) is 36.0 Å². The Kier molecular flexibility index (Phi) is 5.56. The summed E-state index contributed by atoms with van der Waals surface area (Å²) in [5, 5.41) is 0. The Morgan fingerprint density at radius 2 is 1.91 bits per heavy atom. The predicted octanol–water partition coefficient (Wildman–Crippen LogP) is 0.972. The largest absolute Gasteiger partial charge is 0.353 e. The van der Waals surface area contributed by atoms with Crippen LogP contribution in [0.25, 0.3) is 0 Å². The third-order valence-corrected chi connectivity index (χ3v) is 5.96. The molecule has 0 aliphatic carbocycles. The Hall–Kier alpha value is -1.70. The Bertz CT molecular complexity index is 658. The van der Waals surface area contributed by atoms with Crippen molar-refractivity contribution < 1.29 is 13.2 Å². The second-order valence-electron chi connectivity index (χ2n) is 5.58. The summed E-state index contributed by atoms with van der Waals surface area (Å²) in [6.45, 7) is 7.67. The predicted molar refractivity (Wildman–Crippen MR) is 89.4 cm³/mol. The molecule has 0 radical (unpaired) electrons. The minimum atomic E-state index is -2.97. The number of sulfone groups is 1. The summed E-state index contributed by atoms with van der Waals surface area (Å²) in [6, 6.07) is 1.58. The van der Waals surface area contributed by atoms with Gasteiger partial charge in [0.2, 0.25) is 0 Å². The first-order valence-electron chi connectivity index (χ1n) is 8.00. The molecule has 0 N–H and O–H groups in total. The van der Waals surface area contributed by atoms with Gasteiger partial charge < -0.3 is 9.80 Å². The lowest BCUT2D eigenvalue weighted by molar-refractivity contribution is 0.0767. The smallest absolute Gasteiger partial charge is 0.272 e. The van der Waals surface area contributed by atoms with Crippen molar-refractivity contribution in [2.24, 2.45) is 0 Å². The van der Waals surface area contributed by atoms with E-state index in [0.717, 1.165) is 0 Å². The fourth-order valence-corrected chi connectivity index (χ4v) is 4.65. The number of carbonyl (C=O) groups is 1. The molecule has 0 spiro atoms. The first-order chi connectivity index (χ1) is 10.9. The van der Waals surface area contributed by atoms with Crippen molar-refractivity contribution in [3.8, 4) is 0 Å². The van der Waals surface area contributed by atoms with Gasteiger partial charge >= 0.3 is 0 Å². The van der Waals surface area contributed by atoms with Crippen LogP contribution in [0.1, 0.15) is 37.7 Å². The normalized spacial score (nSPS) is 19.5. The lowest BCUT2D eigenvalue weighted by Crippen LogP contribution is -2.37. The summed E-state index contributed by atoms with van der Waals surface area (Å²) in [6.07, 6.45) is 1.97. The summed E-state index contributed by atoms with van der Waals surface area (Å²) in [5.74, 6) is 0.836. The van der Waals surface area contributed by atoms with Crippen LogP contribution >= 0.6 is 0 Å². The van der Waals surface area contributed by atoms with Gasteiger partial charge in [0.1, 0.15) is 17.8 Å². The number of hydrogen-bond donors (Lipinski definition) is 0. The highest BCUT2D eigenvalue weighted by molar-refractivity contribution is 7.91. The molecule has 1 aliphatic rings. The van der Waals surface area contributed by atoms with Crippen molar-refractivity contribution in [1.29, 1.82) is 0 Å². The lowest BCUT2D eigenvalue weighted by atomic mass is 10.2.